The van der Waals surface area contributed by atoms with Gasteiger partial charge in [-0.15, -0.1) is 0 Å². The van der Waals surface area contributed by atoms with Crippen LogP contribution in [0.1, 0.15) is 18.0 Å². The van der Waals surface area contributed by atoms with Crippen molar-refractivity contribution in [2.45, 2.75) is 25.1 Å². The second-order valence-corrected chi connectivity index (χ2v) is 6.13. The average Bonchev–Trinajstić information content (AvgIpc) is 2.97. The molecule has 1 saturated heterocycles. The molecule has 25 heavy (non-hydrogen) atoms. The lowest BCUT2D eigenvalue weighted by Crippen LogP contribution is -2.41. The molecule has 1 aliphatic rings. The van der Waals surface area contributed by atoms with Crippen LogP contribution in [0.5, 0.6) is 0 Å². The molecule has 8 heteroatoms. The number of β-amino-alcohol motifs (C(OH)–C–C–N with tert-alkyl or cyclic N) is 1. The Kier molecular flexibility index (Phi) is 4.54. The van der Waals surface area contributed by atoms with Crippen LogP contribution in [-0.2, 0) is 18.4 Å². The Bertz CT molecular complexity index is 921. The normalized spacial score (nSPS) is 20.0. The van der Waals surface area contributed by atoms with Crippen LogP contribution in [0, 0.1) is 5.82 Å². The van der Waals surface area contributed by atoms with Crippen molar-refractivity contribution in [3.05, 3.63) is 68.7 Å². The van der Waals surface area contributed by atoms with E-state index in [4.69, 9.17) is 0 Å². The van der Waals surface area contributed by atoms with E-state index in [0.717, 1.165) is 9.13 Å². The number of aliphatic hydroxyl groups is 1. The molecule has 2 atom stereocenters. The maximum Gasteiger partial charge on any atom is 0.331 e. The zero-order valence-electron chi connectivity index (χ0n) is 13.6. The number of hydrogen-bond acceptors (Lipinski definition) is 4. The number of likely N-dealkylation sites (tertiary alicyclic amines) is 1. The van der Waals surface area contributed by atoms with Gasteiger partial charge < -0.3 is 10.0 Å². The number of carbonyl (C=O) groups is 1. The highest BCUT2D eigenvalue weighted by atomic mass is 19.1. The van der Waals surface area contributed by atoms with Gasteiger partial charge in [-0.05, 0) is 24.1 Å². The number of aliphatic hydroxyl groups excluding tert-OH is 1. The number of amides is 1. The van der Waals surface area contributed by atoms with E-state index in [0.29, 0.717) is 12.0 Å². The predicted octanol–water partition coefficient (Wildman–Crippen LogP) is 0.0206. The lowest BCUT2D eigenvalue weighted by molar-refractivity contribution is -0.133. The average molecular weight is 347 g/mol. The summed E-state index contributed by atoms with van der Waals surface area (Å²) >= 11 is 0. The molecule has 2 heterocycles. The van der Waals surface area contributed by atoms with Crippen molar-refractivity contribution in [3.8, 4) is 0 Å². The summed E-state index contributed by atoms with van der Waals surface area (Å²) in [6.07, 6.45) is 0.859. The van der Waals surface area contributed by atoms with Crippen LogP contribution in [0.25, 0.3) is 0 Å². The van der Waals surface area contributed by atoms with Crippen molar-refractivity contribution in [2.24, 2.45) is 7.05 Å². The zero-order valence-corrected chi connectivity index (χ0v) is 13.6. The van der Waals surface area contributed by atoms with Gasteiger partial charge in [-0.2, -0.15) is 0 Å². The maximum absolute atomic E-state index is 13.5. The molecule has 0 radical (unpaired) electrons. The van der Waals surface area contributed by atoms with Gasteiger partial charge in [0.05, 0.1) is 12.1 Å². The molecule has 2 aromatic rings. The topological polar surface area (TPSA) is 84.5 Å². The van der Waals surface area contributed by atoms with Gasteiger partial charge in [-0.3, -0.25) is 18.7 Å². The maximum atomic E-state index is 13.5. The monoisotopic (exact) mass is 347 g/mol. The summed E-state index contributed by atoms with van der Waals surface area (Å²) in [6.45, 7) is -0.147. The molecule has 1 aromatic carbocycles. The van der Waals surface area contributed by atoms with Crippen LogP contribution in [0.3, 0.4) is 0 Å². The number of benzene rings is 1. The molecule has 1 N–H and O–H groups in total. The molecule has 0 unspecified atom stereocenters. The fourth-order valence-electron chi connectivity index (χ4n) is 3.09. The number of carbonyl (C=O) groups excluding carboxylic acids is 1. The Labute approximate surface area is 142 Å². The highest BCUT2D eigenvalue weighted by molar-refractivity contribution is 5.77. The molecule has 1 aromatic heterocycles. The number of hydrogen-bond donors (Lipinski definition) is 1. The largest absolute Gasteiger partial charge is 0.391 e. The van der Waals surface area contributed by atoms with Crippen LogP contribution in [0.15, 0.2) is 46.1 Å². The lowest BCUT2D eigenvalue weighted by atomic mass is 10.0. The molecule has 1 aliphatic heterocycles. The summed E-state index contributed by atoms with van der Waals surface area (Å²) < 4.78 is 15.5. The minimum atomic E-state index is -0.714. The van der Waals surface area contributed by atoms with Gasteiger partial charge in [0.15, 0.2) is 0 Å². The fraction of sp³-hybridized carbons (Fsp3) is 0.353. The summed E-state index contributed by atoms with van der Waals surface area (Å²) in [6, 6.07) is 6.64. The smallest absolute Gasteiger partial charge is 0.331 e. The molecule has 3 rings (SSSR count). The van der Waals surface area contributed by atoms with E-state index in [1.54, 1.807) is 12.1 Å². The highest BCUT2D eigenvalue weighted by Gasteiger charge is 2.35. The number of halogens is 1. The molecule has 0 saturated carbocycles. The van der Waals surface area contributed by atoms with Crippen LogP contribution in [-0.4, -0.2) is 37.7 Å². The van der Waals surface area contributed by atoms with Gasteiger partial charge in [-0.1, -0.05) is 12.1 Å². The Morgan fingerprint density at radius 1 is 1.32 bits per heavy atom. The van der Waals surface area contributed by atoms with Gasteiger partial charge in [0.25, 0.3) is 5.56 Å². The highest BCUT2D eigenvalue weighted by Crippen LogP contribution is 2.32. The summed E-state index contributed by atoms with van der Waals surface area (Å²) in [5, 5.41) is 9.95. The standard InChI is InChI=1S/C17H18FN3O4/c1-19-15(23)5-6-20(17(19)25)10-16(24)21-9-13(22)8-14(21)11-3-2-4-12(18)7-11/h2-7,13-14,22H,8-10H2,1H3/t13-,14-/m1/s1. The Hall–Kier alpha value is -2.74. The first kappa shape index (κ1) is 17.1. The third kappa shape index (κ3) is 3.39. The Morgan fingerprint density at radius 2 is 2.08 bits per heavy atom. The fourth-order valence-corrected chi connectivity index (χ4v) is 3.09. The summed E-state index contributed by atoms with van der Waals surface area (Å²) in [7, 11) is 1.33. The third-order valence-corrected chi connectivity index (χ3v) is 4.40. The van der Waals surface area contributed by atoms with E-state index in [2.05, 4.69) is 0 Å². The first-order valence-corrected chi connectivity index (χ1v) is 7.86. The number of nitrogens with zero attached hydrogens (tertiary/aromatic N) is 3. The van der Waals surface area contributed by atoms with Crippen molar-refractivity contribution in [1.82, 2.24) is 14.0 Å². The van der Waals surface area contributed by atoms with Gasteiger partial charge in [-0.25, -0.2) is 9.18 Å². The molecule has 1 fully saturated rings. The van der Waals surface area contributed by atoms with Crippen molar-refractivity contribution in [1.29, 1.82) is 0 Å². The Balaban J connectivity index is 1.86. The van der Waals surface area contributed by atoms with Crippen LogP contribution in [0.2, 0.25) is 0 Å². The molecule has 0 bridgehead atoms. The zero-order chi connectivity index (χ0) is 18.1. The third-order valence-electron chi connectivity index (χ3n) is 4.40. The van der Waals surface area contributed by atoms with Crippen LogP contribution in [0.4, 0.5) is 4.39 Å². The van der Waals surface area contributed by atoms with E-state index < -0.39 is 29.2 Å². The molecule has 1 amide bonds. The minimum Gasteiger partial charge on any atom is -0.391 e. The number of rotatable bonds is 3. The number of aromatic nitrogens is 2. The van der Waals surface area contributed by atoms with E-state index in [1.165, 1.54) is 36.3 Å². The molecular weight excluding hydrogens is 329 g/mol. The van der Waals surface area contributed by atoms with E-state index in [1.807, 2.05) is 0 Å². The van der Waals surface area contributed by atoms with Crippen LogP contribution < -0.4 is 11.2 Å². The van der Waals surface area contributed by atoms with Gasteiger partial charge in [0.1, 0.15) is 12.4 Å². The SMILES string of the molecule is Cn1c(=O)ccn(CC(=O)N2C[C@H](O)C[C@@H]2c2cccc(F)c2)c1=O. The summed E-state index contributed by atoms with van der Waals surface area (Å²) in [5.41, 5.74) is -0.455. The van der Waals surface area contributed by atoms with Crippen molar-refractivity contribution < 1.29 is 14.3 Å². The first-order valence-electron chi connectivity index (χ1n) is 7.86. The molecule has 0 spiro atoms. The van der Waals surface area contributed by atoms with E-state index >= 15 is 0 Å². The van der Waals surface area contributed by atoms with Crippen molar-refractivity contribution in [2.75, 3.05) is 6.54 Å². The van der Waals surface area contributed by atoms with Crippen LogP contribution >= 0.6 is 0 Å². The second-order valence-electron chi connectivity index (χ2n) is 6.13. The molecule has 7 nitrogen and oxygen atoms in total. The quantitative estimate of drug-likeness (QED) is 0.848. The second kappa shape index (κ2) is 6.64. The van der Waals surface area contributed by atoms with E-state index in [9.17, 15) is 23.9 Å². The van der Waals surface area contributed by atoms with Gasteiger partial charge in [0, 0.05) is 25.9 Å². The minimum absolute atomic E-state index is 0.112. The Morgan fingerprint density at radius 3 is 2.80 bits per heavy atom. The lowest BCUT2D eigenvalue weighted by Gasteiger charge is -2.25. The molecule has 0 aliphatic carbocycles. The first-order chi connectivity index (χ1) is 11.9. The van der Waals surface area contributed by atoms with E-state index in [-0.39, 0.29) is 19.0 Å². The van der Waals surface area contributed by atoms with Gasteiger partial charge >= 0.3 is 5.69 Å². The summed E-state index contributed by atoms with van der Waals surface area (Å²) in [4.78, 5) is 37.6. The van der Waals surface area contributed by atoms with Crippen molar-refractivity contribution in [3.63, 3.8) is 0 Å². The molecular formula is C17H18FN3O4. The predicted molar refractivity (Wildman–Crippen MR) is 87.4 cm³/mol. The van der Waals surface area contributed by atoms with Crippen molar-refractivity contribution >= 4 is 5.91 Å². The van der Waals surface area contributed by atoms with Gasteiger partial charge in [0.2, 0.25) is 5.91 Å². The summed E-state index contributed by atoms with van der Waals surface area (Å²) in [5.74, 6) is -0.799. The molecule has 132 valence electrons.